The third-order valence-corrected chi connectivity index (χ3v) is 6.81. The molecule has 0 spiro atoms. The second-order valence-electron chi connectivity index (χ2n) is 9.35. The number of nitrogens with one attached hydrogen (secondary N) is 1. The van der Waals surface area contributed by atoms with Gasteiger partial charge in [-0.15, -0.1) is 10.2 Å². The van der Waals surface area contributed by atoms with Crippen LogP contribution in [0.3, 0.4) is 0 Å². The maximum atomic E-state index is 12.5. The van der Waals surface area contributed by atoms with E-state index in [1.807, 2.05) is 47.0 Å². The fourth-order valence-corrected chi connectivity index (χ4v) is 4.50. The zero-order chi connectivity index (χ0) is 27.3. The molecule has 0 aliphatic heterocycles. The number of carbonyl (C=O) groups is 1. The number of para-hydroxylation sites is 1. The Labute approximate surface area is 229 Å². The fourth-order valence-electron chi connectivity index (χ4n) is 3.57. The van der Waals surface area contributed by atoms with Gasteiger partial charge in [0.2, 0.25) is 0 Å². The summed E-state index contributed by atoms with van der Waals surface area (Å²) in [6, 6.07) is 22.2. The first-order valence-corrected chi connectivity index (χ1v) is 13.0. The van der Waals surface area contributed by atoms with E-state index in [1.165, 1.54) is 35.7 Å². The number of carbonyl (C=O) groups excluding carboxylic acids is 1. The average Bonchev–Trinajstić information content (AvgIpc) is 3.32. The summed E-state index contributed by atoms with van der Waals surface area (Å²) in [7, 11) is 0. The molecule has 1 aromatic heterocycles. The van der Waals surface area contributed by atoms with Crippen LogP contribution in [0.1, 0.15) is 31.9 Å². The number of aromatic nitrogens is 3. The van der Waals surface area contributed by atoms with Gasteiger partial charge in [-0.2, -0.15) is 5.10 Å². The number of benzene rings is 3. The first-order chi connectivity index (χ1) is 18.1. The minimum Gasteiger partial charge on any atom is -0.272 e. The number of thioether (sulfide) groups is 1. The number of nitro benzene ring substituents is 1. The third-order valence-electron chi connectivity index (χ3n) is 5.56. The van der Waals surface area contributed by atoms with Gasteiger partial charge in [0, 0.05) is 22.9 Å². The van der Waals surface area contributed by atoms with E-state index in [0.29, 0.717) is 16.5 Å². The van der Waals surface area contributed by atoms with Gasteiger partial charge < -0.3 is 0 Å². The molecule has 38 heavy (non-hydrogen) atoms. The molecule has 0 unspecified atom stereocenters. The summed E-state index contributed by atoms with van der Waals surface area (Å²) in [5.74, 6) is 0.335. The van der Waals surface area contributed by atoms with Crippen LogP contribution in [0.4, 0.5) is 5.69 Å². The summed E-state index contributed by atoms with van der Waals surface area (Å²) in [5, 5.41) is 24.3. The van der Waals surface area contributed by atoms with Crippen LogP contribution in [0, 0.1) is 10.1 Å². The van der Waals surface area contributed by atoms with Gasteiger partial charge >= 0.3 is 0 Å². The highest BCUT2D eigenvalue weighted by molar-refractivity contribution is 7.99. The summed E-state index contributed by atoms with van der Waals surface area (Å²) in [4.78, 5) is 22.9. The van der Waals surface area contributed by atoms with Crippen molar-refractivity contribution in [2.75, 3.05) is 5.75 Å². The number of halogens is 1. The van der Waals surface area contributed by atoms with E-state index in [4.69, 9.17) is 11.6 Å². The molecule has 1 heterocycles. The Bertz CT molecular complexity index is 1480. The van der Waals surface area contributed by atoms with E-state index in [-0.39, 0.29) is 27.8 Å². The largest absolute Gasteiger partial charge is 0.288 e. The first kappa shape index (κ1) is 27.0. The van der Waals surface area contributed by atoms with Crippen molar-refractivity contribution in [1.29, 1.82) is 0 Å². The minimum absolute atomic E-state index is 0.0274. The van der Waals surface area contributed by atoms with Crippen molar-refractivity contribution >= 4 is 41.2 Å². The van der Waals surface area contributed by atoms with Gasteiger partial charge in [-0.05, 0) is 29.2 Å². The van der Waals surface area contributed by atoms with Gasteiger partial charge in [0.1, 0.15) is 5.02 Å². The molecular weight excluding hydrogens is 524 g/mol. The Morgan fingerprint density at radius 2 is 1.82 bits per heavy atom. The van der Waals surface area contributed by atoms with Crippen LogP contribution < -0.4 is 5.43 Å². The molecule has 1 N–H and O–H groups in total. The van der Waals surface area contributed by atoms with Crippen molar-refractivity contribution in [3.05, 3.63) is 99.1 Å². The molecule has 1 amide bonds. The molecule has 0 saturated carbocycles. The van der Waals surface area contributed by atoms with Crippen LogP contribution >= 0.6 is 23.4 Å². The molecule has 3 aromatic carbocycles. The number of hydrazone groups is 1. The molecule has 4 aromatic rings. The van der Waals surface area contributed by atoms with E-state index >= 15 is 0 Å². The molecule has 0 aliphatic rings. The maximum Gasteiger partial charge on any atom is 0.288 e. The molecule has 194 valence electrons. The summed E-state index contributed by atoms with van der Waals surface area (Å²) in [5.41, 5.74) is 5.66. The Morgan fingerprint density at radius 3 is 2.47 bits per heavy atom. The number of rotatable bonds is 8. The smallest absolute Gasteiger partial charge is 0.272 e. The molecule has 0 atom stereocenters. The summed E-state index contributed by atoms with van der Waals surface area (Å²) in [6.07, 6.45) is 1.32. The van der Waals surface area contributed by atoms with Gasteiger partial charge in [-0.1, -0.05) is 92.7 Å². The summed E-state index contributed by atoms with van der Waals surface area (Å²) in [6.45, 7) is 6.49. The van der Waals surface area contributed by atoms with Crippen LogP contribution in [0.25, 0.3) is 17.1 Å². The number of nitro groups is 1. The van der Waals surface area contributed by atoms with Gasteiger partial charge in [0.05, 0.1) is 16.9 Å². The zero-order valence-electron chi connectivity index (χ0n) is 21.0. The lowest BCUT2D eigenvalue weighted by molar-refractivity contribution is -0.384. The van der Waals surface area contributed by atoms with Crippen LogP contribution in [0.5, 0.6) is 0 Å². The quantitative estimate of drug-likeness (QED) is 0.124. The Balaban J connectivity index is 1.50. The number of nitrogens with zero attached hydrogens (tertiary/aromatic N) is 5. The molecular formula is C27H25ClN6O3S. The maximum absolute atomic E-state index is 12.5. The van der Waals surface area contributed by atoms with E-state index in [9.17, 15) is 14.9 Å². The minimum atomic E-state index is -0.578. The average molecular weight is 549 g/mol. The van der Waals surface area contributed by atoms with Crippen molar-refractivity contribution in [1.82, 2.24) is 20.2 Å². The van der Waals surface area contributed by atoms with Crippen LogP contribution in [0.2, 0.25) is 5.02 Å². The second kappa shape index (κ2) is 11.6. The molecule has 4 rings (SSSR count). The van der Waals surface area contributed by atoms with Gasteiger partial charge in [-0.3, -0.25) is 19.5 Å². The third kappa shape index (κ3) is 6.45. The van der Waals surface area contributed by atoms with Gasteiger partial charge in [0.25, 0.3) is 11.6 Å². The second-order valence-corrected chi connectivity index (χ2v) is 10.7. The Hall–Kier alpha value is -4.02. The molecule has 9 nitrogen and oxygen atoms in total. The zero-order valence-corrected chi connectivity index (χ0v) is 22.5. The van der Waals surface area contributed by atoms with Crippen molar-refractivity contribution in [2.24, 2.45) is 5.10 Å². The molecule has 0 bridgehead atoms. The van der Waals surface area contributed by atoms with E-state index in [0.717, 1.165) is 11.3 Å². The fraction of sp³-hybridized carbons (Fsp3) is 0.185. The van der Waals surface area contributed by atoms with Crippen LogP contribution in [-0.4, -0.2) is 37.6 Å². The first-order valence-electron chi connectivity index (χ1n) is 11.6. The van der Waals surface area contributed by atoms with Crippen LogP contribution in [0.15, 0.2) is 83.1 Å². The highest BCUT2D eigenvalue weighted by atomic mass is 35.5. The van der Waals surface area contributed by atoms with E-state index in [1.54, 1.807) is 6.07 Å². The Kier molecular flexibility index (Phi) is 8.23. The molecule has 0 saturated heterocycles. The van der Waals surface area contributed by atoms with Crippen molar-refractivity contribution in [3.8, 4) is 17.1 Å². The number of amides is 1. The van der Waals surface area contributed by atoms with Crippen molar-refractivity contribution in [3.63, 3.8) is 0 Å². The lowest BCUT2D eigenvalue weighted by Crippen LogP contribution is -2.20. The number of hydrogen-bond acceptors (Lipinski definition) is 7. The lowest BCUT2D eigenvalue weighted by Gasteiger charge is -2.19. The summed E-state index contributed by atoms with van der Waals surface area (Å²) >= 11 is 7.05. The standard InChI is InChI=1S/C27H25ClN6O3S/c1-27(2,3)20-12-10-19(11-13-20)25-31-32-26(33(25)21-7-5-4-6-8-21)38-17-24(35)30-29-16-18-9-14-22(28)23(15-18)34(36)37/h4-16H,17H2,1-3H3,(H,30,35). The molecule has 0 aliphatic carbocycles. The van der Waals surface area contributed by atoms with Crippen LogP contribution in [-0.2, 0) is 10.2 Å². The highest BCUT2D eigenvalue weighted by Crippen LogP contribution is 2.30. The number of hydrogen-bond donors (Lipinski definition) is 1. The topological polar surface area (TPSA) is 115 Å². The van der Waals surface area contributed by atoms with Crippen molar-refractivity contribution < 1.29 is 9.72 Å². The predicted octanol–water partition coefficient (Wildman–Crippen LogP) is 6.04. The molecule has 0 fully saturated rings. The highest BCUT2D eigenvalue weighted by Gasteiger charge is 2.19. The van der Waals surface area contributed by atoms with Gasteiger partial charge in [0.15, 0.2) is 11.0 Å². The Morgan fingerprint density at radius 1 is 1.11 bits per heavy atom. The van der Waals surface area contributed by atoms with E-state index < -0.39 is 4.92 Å². The normalized spacial score (nSPS) is 11.6. The summed E-state index contributed by atoms with van der Waals surface area (Å²) < 4.78 is 1.92. The van der Waals surface area contributed by atoms with E-state index in [2.05, 4.69) is 53.6 Å². The predicted molar refractivity (Wildman–Crippen MR) is 150 cm³/mol. The van der Waals surface area contributed by atoms with Gasteiger partial charge in [-0.25, -0.2) is 5.43 Å². The SMILES string of the molecule is CC(C)(C)c1ccc(-c2nnc(SCC(=O)NN=Cc3ccc(Cl)c([N+](=O)[O-])c3)n2-c2ccccc2)cc1. The van der Waals surface area contributed by atoms with Crippen molar-refractivity contribution in [2.45, 2.75) is 31.3 Å². The lowest BCUT2D eigenvalue weighted by atomic mass is 9.87. The molecule has 11 heteroatoms. The molecule has 0 radical (unpaired) electrons. The monoisotopic (exact) mass is 548 g/mol.